The van der Waals surface area contributed by atoms with Gasteiger partial charge in [-0.3, -0.25) is 19.3 Å². The highest BCUT2D eigenvalue weighted by Gasteiger charge is 2.33. The minimum atomic E-state index is -0.304. The quantitative estimate of drug-likeness (QED) is 0.459. The number of imide groups is 1. The molecule has 1 aromatic rings. The summed E-state index contributed by atoms with van der Waals surface area (Å²) >= 11 is 0. The highest BCUT2D eigenvalue weighted by Crippen LogP contribution is 2.21. The summed E-state index contributed by atoms with van der Waals surface area (Å²) in [6, 6.07) is 9.42. The van der Waals surface area contributed by atoms with E-state index in [0.717, 1.165) is 5.56 Å². The number of likely N-dealkylation sites (tertiary alicyclic amines) is 1. The van der Waals surface area contributed by atoms with E-state index < -0.39 is 0 Å². The van der Waals surface area contributed by atoms with E-state index in [9.17, 15) is 14.4 Å². The number of amides is 2. The van der Waals surface area contributed by atoms with E-state index in [2.05, 4.69) is 0 Å². The number of hydrogen-bond donors (Lipinski definition) is 0. The highest BCUT2D eigenvalue weighted by molar-refractivity contribution is 6.15. The van der Waals surface area contributed by atoms with Gasteiger partial charge in [-0.2, -0.15) is 0 Å². The number of hydrogen-bond acceptors (Lipinski definition) is 4. The summed E-state index contributed by atoms with van der Waals surface area (Å²) in [6.07, 6.45) is 2.50. The van der Waals surface area contributed by atoms with E-state index in [-0.39, 0.29) is 37.2 Å². The van der Waals surface area contributed by atoms with Crippen LogP contribution >= 0.6 is 0 Å². The standard InChI is InChI=1S/C17H19NO4/c1-2-22-16(20)9-6-10-18-15(19)12-14(17(18)21)11-13-7-4-3-5-8-13/h3-5,7-8,11H,2,6,9-10,12H2,1H3/b14-11+. The predicted octanol–water partition coefficient (Wildman–Crippen LogP) is 2.17. The van der Waals surface area contributed by atoms with Crippen molar-refractivity contribution in [2.24, 2.45) is 0 Å². The second-order valence-electron chi connectivity index (χ2n) is 5.02. The molecule has 0 bridgehead atoms. The second kappa shape index (κ2) is 7.54. The average Bonchev–Trinajstić information content (AvgIpc) is 2.76. The van der Waals surface area contributed by atoms with Gasteiger partial charge in [-0.25, -0.2) is 0 Å². The first-order valence-corrected chi connectivity index (χ1v) is 7.37. The maximum Gasteiger partial charge on any atom is 0.305 e. The Hall–Kier alpha value is -2.43. The number of nitrogens with zero attached hydrogens (tertiary/aromatic N) is 1. The molecule has 1 heterocycles. The third-order valence-electron chi connectivity index (χ3n) is 3.37. The van der Waals surface area contributed by atoms with Crippen molar-refractivity contribution in [1.29, 1.82) is 0 Å². The van der Waals surface area contributed by atoms with Crippen LogP contribution in [0, 0.1) is 0 Å². The molecule has 5 heteroatoms. The third-order valence-corrected chi connectivity index (χ3v) is 3.37. The molecule has 0 saturated carbocycles. The van der Waals surface area contributed by atoms with Crippen molar-refractivity contribution in [3.8, 4) is 0 Å². The maximum absolute atomic E-state index is 12.2. The van der Waals surface area contributed by atoms with Crippen molar-refractivity contribution in [3.63, 3.8) is 0 Å². The first-order chi connectivity index (χ1) is 10.6. The molecule has 2 amide bonds. The van der Waals surface area contributed by atoms with Crippen molar-refractivity contribution in [2.45, 2.75) is 26.2 Å². The van der Waals surface area contributed by atoms with Crippen LogP contribution < -0.4 is 0 Å². The van der Waals surface area contributed by atoms with E-state index in [1.807, 2.05) is 30.3 Å². The fourth-order valence-corrected chi connectivity index (χ4v) is 2.32. The summed E-state index contributed by atoms with van der Waals surface area (Å²) in [5, 5.41) is 0. The molecule has 1 aliphatic heterocycles. The molecular weight excluding hydrogens is 282 g/mol. The summed E-state index contributed by atoms with van der Waals surface area (Å²) in [4.78, 5) is 36.7. The molecule has 0 aromatic heterocycles. The number of carbonyl (C=O) groups excluding carboxylic acids is 3. The van der Waals surface area contributed by atoms with Gasteiger partial charge in [0.15, 0.2) is 0 Å². The lowest BCUT2D eigenvalue weighted by molar-refractivity contribution is -0.144. The SMILES string of the molecule is CCOC(=O)CCCN1C(=O)C/C(=C\c2ccccc2)C1=O. The van der Waals surface area contributed by atoms with Crippen molar-refractivity contribution >= 4 is 23.9 Å². The van der Waals surface area contributed by atoms with E-state index in [4.69, 9.17) is 4.74 Å². The molecule has 2 rings (SSSR count). The van der Waals surface area contributed by atoms with Crippen molar-refractivity contribution in [3.05, 3.63) is 41.5 Å². The fourth-order valence-electron chi connectivity index (χ4n) is 2.32. The smallest absolute Gasteiger partial charge is 0.305 e. The highest BCUT2D eigenvalue weighted by atomic mass is 16.5. The number of ether oxygens (including phenoxy) is 1. The van der Waals surface area contributed by atoms with Gasteiger partial charge in [-0.05, 0) is 25.0 Å². The largest absolute Gasteiger partial charge is 0.466 e. The van der Waals surface area contributed by atoms with Crippen LogP contribution in [0.25, 0.3) is 6.08 Å². The normalized spacial score (nSPS) is 16.4. The summed E-state index contributed by atoms with van der Waals surface area (Å²) < 4.78 is 4.82. The Morgan fingerprint density at radius 3 is 2.68 bits per heavy atom. The van der Waals surface area contributed by atoms with Gasteiger partial charge in [0.1, 0.15) is 0 Å². The van der Waals surface area contributed by atoms with E-state index in [0.29, 0.717) is 18.6 Å². The molecule has 1 fully saturated rings. The molecule has 0 aliphatic carbocycles. The molecule has 5 nitrogen and oxygen atoms in total. The Balaban J connectivity index is 1.94. The average molecular weight is 301 g/mol. The fraction of sp³-hybridized carbons (Fsp3) is 0.353. The zero-order valence-electron chi connectivity index (χ0n) is 12.6. The molecule has 1 aromatic carbocycles. The number of carbonyl (C=O) groups is 3. The lowest BCUT2D eigenvalue weighted by Gasteiger charge is -2.12. The Labute approximate surface area is 129 Å². The lowest BCUT2D eigenvalue weighted by Crippen LogP contribution is -2.30. The Bertz CT molecular complexity index is 592. The topological polar surface area (TPSA) is 63.7 Å². The van der Waals surface area contributed by atoms with E-state index >= 15 is 0 Å². The molecule has 1 aliphatic rings. The minimum absolute atomic E-state index is 0.118. The van der Waals surface area contributed by atoms with Crippen LogP contribution in [0.1, 0.15) is 31.7 Å². The lowest BCUT2D eigenvalue weighted by atomic mass is 10.1. The van der Waals surface area contributed by atoms with Crippen LogP contribution in [0.15, 0.2) is 35.9 Å². The number of benzene rings is 1. The first kappa shape index (κ1) is 15.9. The van der Waals surface area contributed by atoms with Gasteiger partial charge >= 0.3 is 5.97 Å². The Morgan fingerprint density at radius 1 is 1.27 bits per heavy atom. The summed E-state index contributed by atoms with van der Waals surface area (Å²) in [6.45, 7) is 2.33. The van der Waals surface area contributed by atoms with E-state index in [1.165, 1.54) is 4.90 Å². The van der Waals surface area contributed by atoms with Gasteiger partial charge in [0, 0.05) is 18.5 Å². The maximum atomic E-state index is 12.2. The molecule has 0 spiro atoms. The molecular formula is C17H19NO4. The summed E-state index contributed by atoms with van der Waals surface area (Å²) in [5.74, 6) is -0.782. The van der Waals surface area contributed by atoms with Gasteiger partial charge in [-0.1, -0.05) is 30.3 Å². The molecule has 0 unspecified atom stereocenters. The van der Waals surface area contributed by atoms with Crippen LogP contribution in [-0.4, -0.2) is 35.8 Å². The minimum Gasteiger partial charge on any atom is -0.466 e. The van der Waals surface area contributed by atoms with Gasteiger partial charge in [0.25, 0.3) is 5.91 Å². The number of esters is 1. The van der Waals surface area contributed by atoms with Crippen molar-refractivity contribution < 1.29 is 19.1 Å². The molecule has 0 N–H and O–H groups in total. The monoisotopic (exact) mass is 301 g/mol. The Morgan fingerprint density at radius 2 is 2.00 bits per heavy atom. The summed E-state index contributed by atoms with van der Waals surface area (Å²) in [7, 11) is 0. The van der Waals surface area contributed by atoms with Crippen LogP contribution in [0.2, 0.25) is 0 Å². The van der Waals surface area contributed by atoms with Gasteiger partial charge in [-0.15, -0.1) is 0 Å². The molecule has 1 saturated heterocycles. The van der Waals surface area contributed by atoms with Crippen molar-refractivity contribution in [2.75, 3.05) is 13.2 Å². The zero-order chi connectivity index (χ0) is 15.9. The number of rotatable bonds is 6. The molecule has 0 radical (unpaired) electrons. The van der Waals surface area contributed by atoms with Crippen LogP contribution in [-0.2, 0) is 19.1 Å². The Kier molecular flexibility index (Phi) is 5.47. The van der Waals surface area contributed by atoms with Crippen LogP contribution in [0.3, 0.4) is 0 Å². The molecule has 22 heavy (non-hydrogen) atoms. The van der Waals surface area contributed by atoms with Gasteiger partial charge in [0.05, 0.1) is 13.0 Å². The summed E-state index contributed by atoms with van der Waals surface area (Å²) in [5.41, 5.74) is 1.39. The second-order valence-corrected chi connectivity index (χ2v) is 5.02. The van der Waals surface area contributed by atoms with Gasteiger partial charge < -0.3 is 4.74 Å². The van der Waals surface area contributed by atoms with Crippen LogP contribution in [0.4, 0.5) is 0 Å². The predicted molar refractivity (Wildman–Crippen MR) is 81.6 cm³/mol. The van der Waals surface area contributed by atoms with E-state index in [1.54, 1.807) is 13.0 Å². The van der Waals surface area contributed by atoms with Crippen molar-refractivity contribution in [1.82, 2.24) is 4.90 Å². The third kappa shape index (κ3) is 4.04. The van der Waals surface area contributed by atoms with Crippen LogP contribution in [0.5, 0.6) is 0 Å². The van der Waals surface area contributed by atoms with Gasteiger partial charge in [0.2, 0.25) is 5.91 Å². The molecule has 116 valence electrons. The first-order valence-electron chi connectivity index (χ1n) is 7.37. The molecule has 0 atom stereocenters. The zero-order valence-corrected chi connectivity index (χ0v) is 12.6.